The second kappa shape index (κ2) is 4.42. The van der Waals surface area contributed by atoms with Crippen molar-refractivity contribution in [3.8, 4) is 5.88 Å². The van der Waals surface area contributed by atoms with E-state index >= 15 is 0 Å². The molecule has 1 aromatic rings. The Morgan fingerprint density at radius 2 is 2.21 bits per heavy atom. The lowest BCUT2D eigenvalue weighted by Crippen LogP contribution is -2.38. The average Bonchev–Trinajstić information content (AvgIpc) is 2.17. The first-order valence-electron chi connectivity index (χ1n) is 4.75. The van der Waals surface area contributed by atoms with E-state index in [0.29, 0.717) is 5.88 Å². The number of hydrogen-bond donors (Lipinski definition) is 1. The minimum Gasteiger partial charge on any atom is -0.481 e. The van der Waals surface area contributed by atoms with Gasteiger partial charge in [-0.1, -0.05) is 0 Å². The third kappa shape index (κ3) is 3.00. The molecular weight excluding hydrogens is 176 g/mol. The van der Waals surface area contributed by atoms with Crippen LogP contribution in [0.1, 0.15) is 19.4 Å². The molecule has 0 aromatic carbocycles. The first kappa shape index (κ1) is 11.0. The van der Waals surface area contributed by atoms with Crippen LogP contribution in [0.3, 0.4) is 0 Å². The average molecular weight is 194 g/mol. The van der Waals surface area contributed by atoms with Crippen LogP contribution in [0.5, 0.6) is 5.88 Å². The van der Waals surface area contributed by atoms with E-state index in [4.69, 9.17) is 4.74 Å². The smallest absolute Gasteiger partial charge is 0.213 e. The van der Waals surface area contributed by atoms with Crippen molar-refractivity contribution in [2.24, 2.45) is 0 Å². The summed E-state index contributed by atoms with van der Waals surface area (Å²) >= 11 is 0. The quantitative estimate of drug-likeness (QED) is 0.791. The number of rotatable bonds is 4. The fraction of sp³-hybridized carbons (Fsp3) is 0.545. The second-order valence-electron chi connectivity index (χ2n) is 4.02. The molecule has 0 aliphatic heterocycles. The number of nitrogens with one attached hydrogen (secondary N) is 1. The van der Waals surface area contributed by atoms with Crippen LogP contribution in [-0.4, -0.2) is 24.7 Å². The fourth-order valence-electron chi connectivity index (χ4n) is 1.27. The number of aromatic nitrogens is 1. The zero-order valence-electron chi connectivity index (χ0n) is 9.29. The van der Waals surface area contributed by atoms with E-state index in [1.807, 2.05) is 19.2 Å². The first-order chi connectivity index (χ1) is 6.57. The standard InChI is InChI=1S/C11H18N2O/c1-11(2,12-3)8-9-5-6-13-10(7-9)14-4/h5-7,12H,8H2,1-4H3. The second-order valence-corrected chi connectivity index (χ2v) is 4.02. The van der Waals surface area contributed by atoms with E-state index in [-0.39, 0.29) is 5.54 Å². The number of methoxy groups -OCH3 is 1. The molecule has 0 radical (unpaired) electrons. The normalized spacial score (nSPS) is 11.4. The summed E-state index contributed by atoms with van der Waals surface area (Å²) in [4.78, 5) is 4.07. The molecule has 1 rings (SSSR count). The topological polar surface area (TPSA) is 34.2 Å². The third-order valence-electron chi connectivity index (χ3n) is 2.33. The Hall–Kier alpha value is -1.09. The maximum absolute atomic E-state index is 5.07. The summed E-state index contributed by atoms with van der Waals surface area (Å²) in [5.41, 5.74) is 1.34. The van der Waals surface area contributed by atoms with Gasteiger partial charge in [-0.15, -0.1) is 0 Å². The van der Waals surface area contributed by atoms with E-state index in [1.165, 1.54) is 5.56 Å². The molecule has 0 saturated carbocycles. The maximum atomic E-state index is 5.07. The zero-order valence-corrected chi connectivity index (χ0v) is 9.29. The third-order valence-corrected chi connectivity index (χ3v) is 2.33. The minimum atomic E-state index is 0.104. The Morgan fingerprint density at radius 3 is 2.79 bits per heavy atom. The van der Waals surface area contributed by atoms with Crippen molar-refractivity contribution in [1.29, 1.82) is 0 Å². The molecule has 3 nitrogen and oxygen atoms in total. The van der Waals surface area contributed by atoms with Gasteiger partial charge in [-0.2, -0.15) is 0 Å². The molecule has 1 N–H and O–H groups in total. The predicted octanol–water partition coefficient (Wildman–Crippen LogP) is 1.63. The molecule has 14 heavy (non-hydrogen) atoms. The van der Waals surface area contributed by atoms with E-state index in [9.17, 15) is 0 Å². The van der Waals surface area contributed by atoms with Crippen molar-refractivity contribution in [2.45, 2.75) is 25.8 Å². The summed E-state index contributed by atoms with van der Waals surface area (Å²) in [5, 5.41) is 3.27. The summed E-state index contributed by atoms with van der Waals surface area (Å²) in [6.07, 6.45) is 2.74. The molecule has 78 valence electrons. The van der Waals surface area contributed by atoms with Crippen LogP contribution in [0, 0.1) is 0 Å². The van der Waals surface area contributed by atoms with Gasteiger partial charge in [0.05, 0.1) is 7.11 Å². The molecular formula is C11H18N2O. The lowest BCUT2D eigenvalue weighted by Gasteiger charge is -2.23. The van der Waals surface area contributed by atoms with Crippen LogP contribution in [-0.2, 0) is 6.42 Å². The van der Waals surface area contributed by atoms with Crippen LogP contribution in [0.25, 0.3) is 0 Å². The largest absolute Gasteiger partial charge is 0.481 e. The molecule has 1 heterocycles. The van der Waals surface area contributed by atoms with E-state index < -0.39 is 0 Å². The lowest BCUT2D eigenvalue weighted by atomic mass is 9.96. The summed E-state index contributed by atoms with van der Waals surface area (Å²) < 4.78 is 5.07. The Morgan fingerprint density at radius 1 is 1.50 bits per heavy atom. The van der Waals surface area contributed by atoms with Crippen LogP contribution in [0.15, 0.2) is 18.3 Å². The van der Waals surface area contributed by atoms with Gasteiger partial charge >= 0.3 is 0 Å². The number of pyridine rings is 1. The number of likely N-dealkylation sites (N-methyl/N-ethyl adjacent to an activating group) is 1. The lowest BCUT2D eigenvalue weighted by molar-refractivity contribution is 0.393. The summed E-state index contributed by atoms with van der Waals surface area (Å²) in [6, 6.07) is 3.99. The number of hydrogen-bond acceptors (Lipinski definition) is 3. The first-order valence-corrected chi connectivity index (χ1v) is 4.75. The highest BCUT2D eigenvalue weighted by Crippen LogP contribution is 2.15. The number of ether oxygens (including phenoxy) is 1. The molecule has 0 aliphatic carbocycles. The van der Waals surface area contributed by atoms with Crippen molar-refractivity contribution >= 4 is 0 Å². The van der Waals surface area contributed by atoms with Gasteiger partial charge in [0, 0.05) is 17.8 Å². The van der Waals surface area contributed by atoms with E-state index in [2.05, 4.69) is 24.1 Å². The molecule has 0 amide bonds. The van der Waals surface area contributed by atoms with Crippen LogP contribution < -0.4 is 10.1 Å². The van der Waals surface area contributed by atoms with Crippen LogP contribution in [0.4, 0.5) is 0 Å². The molecule has 0 atom stereocenters. The van der Waals surface area contributed by atoms with E-state index in [1.54, 1.807) is 13.3 Å². The summed E-state index contributed by atoms with van der Waals surface area (Å²) in [7, 11) is 3.60. The van der Waals surface area contributed by atoms with Crippen molar-refractivity contribution < 1.29 is 4.74 Å². The van der Waals surface area contributed by atoms with Crippen LogP contribution in [0.2, 0.25) is 0 Å². The molecule has 0 bridgehead atoms. The SMILES string of the molecule is CNC(C)(C)Cc1ccnc(OC)c1. The maximum Gasteiger partial charge on any atom is 0.213 e. The van der Waals surface area contributed by atoms with E-state index in [0.717, 1.165) is 6.42 Å². The van der Waals surface area contributed by atoms with Gasteiger partial charge in [-0.25, -0.2) is 4.98 Å². The van der Waals surface area contributed by atoms with Gasteiger partial charge < -0.3 is 10.1 Å². The highest BCUT2D eigenvalue weighted by Gasteiger charge is 2.15. The van der Waals surface area contributed by atoms with Gasteiger partial charge in [0.15, 0.2) is 0 Å². The van der Waals surface area contributed by atoms with Gasteiger partial charge in [-0.3, -0.25) is 0 Å². The van der Waals surface area contributed by atoms with Crippen molar-refractivity contribution in [3.63, 3.8) is 0 Å². The number of nitrogens with zero attached hydrogens (tertiary/aromatic N) is 1. The van der Waals surface area contributed by atoms with Crippen molar-refractivity contribution in [3.05, 3.63) is 23.9 Å². The Balaban J connectivity index is 2.76. The molecule has 0 fully saturated rings. The van der Waals surface area contributed by atoms with Crippen molar-refractivity contribution in [1.82, 2.24) is 10.3 Å². The van der Waals surface area contributed by atoms with Gasteiger partial charge in [-0.05, 0) is 38.9 Å². The molecule has 0 unspecified atom stereocenters. The van der Waals surface area contributed by atoms with Crippen molar-refractivity contribution in [2.75, 3.05) is 14.2 Å². The molecule has 1 aromatic heterocycles. The minimum absolute atomic E-state index is 0.104. The fourth-order valence-corrected chi connectivity index (χ4v) is 1.27. The molecule has 0 saturated heterocycles. The Bertz CT molecular complexity index is 297. The Kier molecular flexibility index (Phi) is 3.47. The Labute approximate surface area is 85.5 Å². The highest BCUT2D eigenvalue weighted by molar-refractivity contribution is 5.22. The molecule has 3 heteroatoms. The molecule has 0 aliphatic rings. The van der Waals surface area contributed by atoms with Gasteiger partial charge in [0.1, 0.15) is 0 Å². The summed E-state index contributed by atoms with van der Waals surface area (Å²) in [5.74, 6) is 0.675. The van der Waals surface area contributed by atoms with Gasteiger partial charge in [0.2, 0.25) is 5.88 Å². The van der Waals surface area contributed by atoms with Crippen LogP contribution >= 0.6 is 0 Å². The highest BCUT2D eigenvalue weighted by atomic mass is 16.5. The monoisotopic (exact) mass is 194 g/mol. The molecule has 0 spiro atoms. The van der Waals surface area contributed by atoms with Gasteiger partial charge in [0.25, 0.3) is 0 Å². The summed E-state index contributed by atoms with van der Waals surface area (Å²) in [6.45, 7) is 4.33. The predicted molar refractivity (Wildman–Crippen MR) is 57.6 cm³/mol. The zero-order chi connectivity index (χ0) is 10.6.